The van der Waals surface area contributed by atoms with Gasteiger partial charge in [0.25, 0.3) is 11.8 Å². The molecule has 1 saturated heterocycles. The predicted octanol–water partition coefficient (Wildman–Crippen LogP) is 3.44. The average Bonchev–Trinajstić information content (AvgIpc) is 2.86. The van der Waals surface area contributed by atoms with Gasteiger partial charge < -0.3 is 20.4 Å². The minimum atomic E-state index is -0.287. The van der Waals surface area contributed by atoms with Crippen molar-refractivity contribution in [1.29, 1.82) is 0 Å². The van der Waals surface area contributed by atoms with E-state index in [0.717, 1.165) is 18.4 Å². The number of carbonyl (C=O) groups is 3. The number of nitrogens with zero attached hydrogens (tertiary/aromatic N) is 3. The second-order valence-electron chi connectivity index (χ2n) is 8.75. The summed E-state index contributed by atoms with van der Waals surface area (Å²) in [5.41, 5.74) is 2.26. The molecule has 0 spiro atoms. The summed E-state index contributed by atoms with van der Waals surface area (Å²) in [4.78, 5) is 46.1. The summed E-state index contributed by atoms with van der Waals surface area (Å²) >= 11 is 0. The van der Waals surface area contributed by atoms with Crippen LogP contribution in [0.4, 0.5) is 10.5 Å². The molecule has 2 aromatic rings. The normalized spacial score (nSPS) is 16.9. The highest BCUT2D eigenvalue weighted by atomic mass is 16.2. The SMILES string of the molecule is Cc1cccc(C(=O)N2CCN(C(=O)NC3CCCCC3)CC2)c1NC(=O)c1ccncc1. The van der Waals surface area contributed by atoms with Crippen molar-refractivity contribution in [2.45, 2.75) is 45.1 Å². The highest BCUT2D eigenvalue weighted by Crippen LogP contribution is 2.24. The van der Waals surface area contributed by atoms with Crippen LogP contribution in [0.15, 0.2) is 42.7 Å². The van der Waals surface area contributed by atoms with Gasteiger partial charge in [-0.2, -0.15) is 0 Å². The van der Waals surface area contributed by atoms with E-state index in [-0.39, 0.29) is 23.9 Å². The van der Waals surface area contributed by atoms with E-state index in [1.165, 1.54) is 19.3 Å². The fourth-order valence-corrected chi connectivity index (χ4v) is 4.50. The van der Waals surface area contributed by atoms with Crippen LogP contribution in [-0.4, -0.2) is 64.9 Å². The van der Waals surface area contributed by atoms with E-state index in [9.17, 15) is 14.4 Å². The summed E-state index contributed by atoms with van der Waals surface area (Å²) in [6, 6.07) is 8.92. The molecule has 0 atom stereocenters. The molecule has 4 rings (SSSR count). The molecule has 2 fully saturated rings. The third kappa shape index (κ3) is 5.50. The molecule has 1 aromatic carbocycles. The van der Waals surface area contributed by atoms with Crippen molar-refractivity contribution in [3.63, 3.8) is 0 Å². The Bertz CT molecular complexity index is 996. The zero-order valence-corrected chi connectivity index (χ0v) is 19.0. The summed E-state index contributed by atoms with van der Waals surface area (Å²) in [7, 11) is 0. The molecule has 1 aliphatic heterocycles. The number of anilines is 1. The summed E-state index contributed by atoms with van der Waals surface area (Å²) in [6.45, 7) is 3.78. The Hall–Kier alpha value is -3.42. The van der Waals surface area contributed by atoms with Crippen molar-refractivity contribution in [3.05, 3.63) is 59.4 Å². The first-order valence-electron chi connectivity index (χ1n) is 11.7. The Morgan fingerprint density at radius 3 is 2.27 bits per heavy atom. The summed E-state index contributed by atoms with van der Waals surface area (Å²) in [6.07, 6.45) is 8.80. The fourth-order valence-electron chi connectivity index (χ4n) is 4.50. The topological polar surface area (TPSA) is 94.6 Å². The monoisotopic (exact) mass is 449 g/mol. The maximum absolute atomic E-state index is 13.3. The molecule has 1 aromatic heterocycles. The lowest BCUT2D eigenvalue weighted by Crippen LogP contribution is -2.54. The summed E-state index contributed by atoms with van der Waals surface area (Å²) < 4.78 is 0. The number of hydrogen-bond acceptors (Lipinski definition) is 4. The zero-order chi connectivity index (χ0) is 23.2. The summed E-state index contributed by atoms with van der Waals surface area (Å²) in [5, 5.41) is 6.05. The van der Waals surface area contributed by atoms with Gasteiger partial charge >= 0.3 is 6.03 Å². The van der Waals surface area contributed by atoms with E-state index in [1.807, 2.05) is 19.1 Å². The van der Waals surface area contributed by atoms with Crippen LogP contribution < -0.4 is 10.6 Å². The van der Waals surface area contributed by atoms with Crippen LogP contribution in [0.3, 0.4) is 0 Å². The molecule has 2 aliphatic rings. The van der Waals surface area contributed by atoms with Crippen molar-refractivity contribution in [1.82, 2.24) is 20.1 Å². The maximum Gasteiger partial charge on any atom is 0.317 e. The minimum Gasteiger partial charge on any atom is -0.335 e. The van der Waals surface area contributed by atoms with Gasteiger partial charge in [-0.1, -0.05) is 31.4 Å². The minimum absolute atomic E-state index is 0.0325. The van der Waals surface area contributed by atoms with Crippen molar-refractivity contribution in [2.75, 3.05) is 31.5 Å². The molecule has 1 saturated carbocycles. The van der Waals surface area contributed by atoms with E-state index in [1.54, 1.807) is 40.4 Å². The van der Waals surface area contributed by atoms with Crippen LogP contribution in [0.2, 0.25) is 0 Å². The van der Waals surface area contributed by atoms with Gasteiger partial charge in [0, 0.05) is 50.2 Å². The Kier molecular flexibility index (Phi) is 7.22. The van der Waals surface area contributed by atoms with Crippen molar-refractivity contribution >= 4 is 23.5 Å². The molecule has 0 bridgehead atoms. The van der Waals surface area contributed by atoms with E-state index in [0.29, 0.717) is 43.0 Å². The molecule has 0 radical (unpaired) electrons. The number of pyridine rings is 1. The maximum atomic E-state index is 13.3. The van der Waals surface area contributed by atoms with Crippen LogP contribution in [-0.2, 0) is 0 Å². The average molecular weight is 450 g/mol. The first-order valence-corrected chi connectivity index (χ1v) is 11.7. The second kappa shape index (κ2) is 10.5. The lowest BCUT2D eigenvalue weighted by atomic mass is 9.96. The van der Waals surface area contributed by atoms with Crippen LogP contribution in [0.25, 0.3) is 0 Å². The number of para-hydroxylation sites is 1. The van der Waals surface area contributed by atoms with Crippen molar-refractivity contribution in [3.8, 4) is 0 Å². The van der Waals surface area contributed by atoms with Crippen LogP contribution >= 0.6 is 0 Å². The number of aryl methyl sites for hydroxylation is 1. The summed E-state index contributed by atoms with van der Waals surface area (Å²) in [5.74, 6) is -0.430. The second-order valence-corrected chi connectivity index (χ2v) is 8.75. The molecule has 2 heterocycles. The zero-order valence-electron chi connectivity index (χ0n) is 19.0. The molecule has 8 heteroatoms. The number of aromatic nitrogens is 1. The van der Waals surface area contributed by atoms with E-state index < -0.39 is 0 Å². The Morgan fingerprint density at radius 1 is 0.909 bits per heavy atom. The van der Waals surface area contributed by atoms with Gasteiger partial charge in [0.05, 0.1) is 11.3 Å². The molecule has 174 valence electrons. The molecule has 1 aliphatic carbocycles. The number of amides is 4. The molecular formula is C25H31N5O3. The number of hydrogen-bond donors (Lipinski definition) is 2. The largest absolute Gasteiger partial charge is 0.335 e. The van der Waals surface area contributed by atoms with Crippen LogP contribution in [0, 0.1) is 6.92 Å². The van der Waals surface area contributed by atoms with E-state index in [4.69, 9.17) is 0 Å². The lowest BCUT2D eigenvalue weighted by Gasteiger charge is -2.36. The Labute approximate surface area is 194 Å². The lowest BCUT2D eigenvalue weighted by molar-refractivity contribution is 0.0663. The molecular weight excluding hydrogens is 418 g/mol. The fraction of sp³-hybridized carbons (Fsp3) is 0.440. The molecule has 4 amide bonds. The first kappa shape index (κ1) is 22.8. The van der Waals surface area contributed by atoms with Crippen molar-refractivity contribution < 1.29 is 14.4 Å². The smallest absolute Gasteiger partial charge is 0.317 e. The number of carbonyl (C=O) groups excluding carboxylic acids is 3. The highest BCUT2D eigenvalue weighted by Gasteiger charge is 2.28. The van der Waals surface area contributed by atoms with Gasteiger partial charge in [-0.15, -0.1) is 0 Å². The third-order valence-electron chi connectivity index (χ3n) is 6.47. The number of urea groups is 1. The van der Waals surface area contributed by atoms with Crippen molar-refractivity contribution in [2.24, 2.45) is 0 Å². The Balaban J connectivity index is 1.39. The van der Waals surface area contributed by atoms with Gasteiger partial charge in [-0.05, 0) is 43.5 Å². The van der Waals surface area contributed by atoms with Gasteiger partial charge in [-0.25, -0.2) is 4.79 Å². The van der Waals surface area contributed by atoms with Gasteiger partial charge in [0.1, 0.15) is 0 Å². The predicted molar refractivity (Wildman–Crippen MR) is 126 cm³/mol. The number of nitrogens with one attached hydrogen (secondary N) is 2. The number of benzene rings is 1. The van der Waals surface area contributed by atoms with Gasteiger partial charge in [0.15, 0.2) is 0 Å². The number of piperazine rings is 1. The van der Waals surface area contributed by atoms with Gasteiger partial charge in [0.2, 0.25) is 0 Å². The van der Waals surface area contributed by atoms with Gasteiger partial charge in [-0.3, -0.25) is 14.6 Å². The van der Waals surface area contributed by atoms with Crippen LogP contribution in [0.5, 0.6) is 0 Å². The van der Waals surface area contributed by atoms with Crippen LogP contribution in [0.1, 0.15) is 58.4 Å². The van der Waals surface area contributed by atoms with E-state index >= 15 is 0 Å². The molecule has 8 nitrogen and oxygen atoms in total. The molecule has 0 unspecified atom stereocenters. The first-order chi connectivity index (χ1) is 16.0. The standard InChI is InChI=1S/C25H31N5O3/c1-18-6-5-9-21(22(18)28-23(31)19-10-12-26-13-11-19)24(32)29-14-16-30(17-15-29)25(33)27-20-7-3-2-4-8-20/h5-6,9-13,20H,2-4,7-8,14-17H2,1H3,(H,27,33)(H,28,31). The highest BCUT2D eigenvalue weighted by molar-refractivity contribution is 6.09. The molecule has 2 N–H and O–H groups in total. The Morgan fingerprint density at radius 2 is 1.58 bits per heavy atom. The number of rotatable bonds is 4. The molecule has 33 heavy (non-hydrogen) atoms. The quantitative estimate of drug-likeness (QED) is 0.748. The van der Waals surface area contributed by atoms with E-state index in [2.05, 4.69) is 15.6 Å². The third-order valence-corrected chi connectivity index (χ3v) is 6.47.